The number of hydrogen-bond donors (Lipinski definition) is 4. The van der Waals surface area contributed by atoms with Crippen molar-refractivity contribution in [3.05, 3.63) is 35.4 Å². The average Bonchev–Trinajstić information content (AvgIpc) is 3.01. The van der Waals surface area contributed by atoms with E-state index in [0.29, 0.717) is 0 Å². The van der Waals surface area contributed by atoms with Gasteiger partial charge < -0.3 is 39.4 Å². The molecule has 8 atom stereocenters. The van der Waals surface area contributed by atoms with Crippen molar-refractivity contribution in [2.24, 2.45) is 23.7 Å². The Hall–Kier alpha value is -4.82. The maximum Gasteiger partial charge on any atom is 0.354 e. The Kier molecular flexibility index (Phi) is 7.02. The summed E-state index contributed by atoms with van der Waals surface area (Å²) >= 11 is 0. The molecule has 2 aromatic carbocycles. The van der Waals surface area contributed by atoms with Crippen molar-refractivity contribution in [3.63, 3.8) is 0 Å². The standard InChI is InChI=1S/C32H30O14/c1-11-9-15(33)21-25(37)19-17(45-31(21,27(11)39)29(41)43-3)7-5-13(23(19)35)14-6-8-18-20(24(14)36)26(38)22-16(34)10-12(2)28(40)32(22,46-18)30(42)44-4/h5-8,11-12,21-22,27-28,35-36,39-40H,9-10H2,1-4H3. The average molecular weight is 639 g/mol. The Labute approximate surface area is 260 Å². The molecule has 2 fully saturated rings. The van der Waals surface area contributed by atoms with Crippen LogP contribution in [0.1, 0.15) is 47.4 Å². The van der Waals surface area contributed by atoms with E-state index in [9.17, 15) is 49.2 Å². The van der Waals surface area contributed by atoms with Gasteiger partial charge in [-0.05, 0) is 36.1 Å². The second-order valence-electron chi connectivity index (χ2n) is 12.2. The summed E-state index contributed by atoms with van der Waals surface area (Å²) in [5, 5.41) is 44.8. The molecule has 242 valence electrons. The number of aromatic hydroxyl groups is 2. The third-order valence-electron chi connectivity index (χ3n) is 9.66. The van der Waals surface area contributed by atoms with Gasteiger partial charge >= 0.3 is 11.9 Å². The number of carbonyl (C=O) groups excluding carboxylic acids is 6. The molecule has 0 saturated heterocycles. The van der Waals surface area contributed by atoms with Crippen molar-refractivity contribution in [2.45, 2.75) is 50.1 Å². The highest BCUT2D eigenvalue weighted by Gasteiger charge is 2.69. The van der Waals surface area contributed by atoms with Gasteiger partial charge in [-0.15, -0.1) is 0 Å². The number of Topliss-reactive ketones (excluding diaryl/α,β-unsaturated/α-hetero) is 4. The summed E-state index contributed by atoms with van der Waals surface area (Å²) in [5.74, 6) is -13.3. The molecule has 2 heterocycles. The molecule has 8 unspecified atom stereocenters. The lowest BCUT2D eigenvalue weighted by atomic mass is 9.64. The third-order valence-corrected chi connectivity index (χ3v) is 9.66. The van der Waals surface area contributed by atoms with Gasteiger partial charge in [0.2, 0.25) is 11.2 Å². The van der Waals surface area contributed by atoms with Crippen molar-refractivity contribution >= 4 is 35.1 Å². The first-order valence-electron chi connectivity index (χ1n) is 14.5. The molecule has 2 aliphatic heterocycles. The Morgan fingerprint density at radius 2 is 1.04 bits per heavy atom. The van der Waals surface area contributed by atoms with Crippen LogP contribution in [0.3, 0.4) is 0 Å². The van der Waals surface area contributed by atoms with E-state index in [1.54, 1.807) is 0 Å². The number of phenols is 2. The summed E-state index contributed by atoms with van der Waals surface area (Å²) in [6.07, 6.45) is -3.75. The van der Waals surface area contributed by atoms with E-state index in [0.717, 1.165) is 14.2 Å². The van der Waals surface area contributed by atoms with Crippen molar-refractivity contribution in [2.75, 3.05) is 14.2 Å². The molecule has 4 N–H and O–H groups in total. The summed E-state index contributed by atoms with van der Waals surface area (Å²) in [5.41, 5.74) is -6.25. The Bertz CT molecular complexity index is 1630. The van der Waals surface area contributed by atoms with Crippen molar-refractivity contribution in [3.8, 4) is 34.1 Å². The van der Waals surface area contributed by atoms with E-state index in [4.69, 9.17) is 18.9 Å². The Balaban J connectivity index is 1.50. The SMILES string of the molecule is COC(=O)C12Oc3ccc(-c4ccc5c(c4O)C(=O)C4C(=O)CC(C)C(O)C4(C(=O)OC)O5)c(O)c3C(=O)C1C(=O)CC(C)C2O. The van der Waals surface area contributed by atoms with Crippen LogP contribution >= 0.6 is 0 Å². The van der Waals surface area contributed by atoms with Gasteiger partial charge in [0.1, 0.15) is 69.7 Å². The van der Waals surface area contributed by atoms with E-state index in [-0.39, 0.29) is 35.5 Å². The number of rotatable bonds is 3. The summed E-state index contributed by atoms with van der Waals surface area (Å²) in [7, 11) is 2.02. The molecule has 14 nitrogen and oxygen atoms in total. The molecule has 0 amide bonds. The van der Waals surface area contributed by atoms with Gasteiger partial charge in [-0.1, -0.05) is 13.8 Å². The minimum absolute atomic E-state index is 0.208. The number of fused-ring (bicyclic) bond motifs is 4. The van der Waals surface area contributed by atoms with E-state index in [1.807, 2.05) is 0 Å². The van der Waals surface area contributed by atoms with Crippen LogP contribution < -0.4 is 9.47 Å². The predicted molar refractivity (Wildman–Crippen MR) is 151 cm³/mol. The van der Waals surface area contributed by atoms with E-state index >= 15 is 0 Å². The summed E-state index contributed by atoms with van der Waals surface area (Å²) in [6, 6.07) is 4.78. The lowest BCUT2D eigenvalue weighted by molar-refractivity contribution is -0.190. The number of hydrogen-bond acceptors (Lipinski definition) is 14. The lowest BCUT2D eigenvalue weighted by Gasteiger charge is -2.48. The molecule has 0 aromatic heterocycles. The molecule has 0 bridgehead atoms. The molecule has 6 rings (SSSR count). The molecule has 14 heteroatoms. The molecule has 2 aliphatic carbocycles. The van der Waals surface area contributed by atoms with E-state index in [2.05, 4.69) is 0 Å². The van der Waals surface area contributed by atoms with E-state index < -0.39 is 105 Å². The number of esters is 2. The number of benzene rings is 2. The maximum atomic E-state index is 13.9. The van der Waals surface area contributed by atoms with Crippen LogP contribution in [0.15, 0.2) is 24.3 Å². The van der Waals surface area contributed by atoms with Crippen molar-refractivity contribution < 1.29 is 68.1 Å². The minimum atomic E-state index is -2.40. The normalized spacial score (nSPS) is 33.0. The van der Waals surface area contributed by atoms with Crippen LogP contribution in [0.4, 0.5) is 0 Å². The molecular weight excluding hydrogens is 608 g/mol. The number of ether oxygens (including phenoxy) is 4. The summed E-state index contributed by atoms with van der Waals surface area (Å²) in [6.45, 7) is 3.02. The zero-order chi connectivity index (χ0) is 33.6. The predicted octanol–water partition coefficient (Wildman–Crippen LogP) is 0.911. The van der Waals surface area contributed by atoms with Gasteiger partial charge in [-0.2, -0.15) is 0 Å². The van der Waals surface area contributed by atoms with Crippen LogP contribution in [0.25, 0.3) is 11.1 Å². The van der Waals surface area contributed by atoms with Crippen LogP contribution in [-0.4, -0.2) is 93.1 Å². The number of aliphatic hydroxyl groups is 2. The third kappa shape index (κ3) is 3.76. The summed E-state index contributed by atoms with van der Waals surface area (Å²) < 4.78 is 21.4. The maximum absolute atomic E-state index is 13.9. The summed E-state index contributed by atoms with van der Waals surface area (Å²) in [4.78, 5) is 80.0. The molecule has 4 aliphatic rings. The van der Waals surface area contributed by atoms with Gasteiger partial charge in [-0.25, -0.2) is 9.59 Å². The monoisotopic (exact) mass is 638 g/mol. The molecule has 0 radical (unpaired) electrons. The minimum Gasteiger partial charge on any atom is -0.506 e. The first kappa shape index (κ1) is 31.2. The van der Waals surface area contributed by atoms with Crippen molar-refractivity contribution in [1.82, 2.24) is 0 Å². The largest absolute Gasteiger partial charge is 0.506 e. The Morgan fingerprint density at radius 1 is 0.696 bits per heavy atom. The zero-order valence-corrected chi connectivity index (χ0v) is 25.1. The highest BCUT2D eigenvalue weighted by Crippen LogP contribution is 2.54. The fourth-order valence-electron chi connectivity index (χ4n) is 7.44. The fourth-order valence-corrected chi connectivity index (χ4v) is 7.44. The second kappa shape index (κ2) is 10.4. The van der Waals surface area contributed by atoms with Crippen molar-refractivity contribution in [1.29, 1.82) is 0 Å². The molecule has 2 aromatic rings. The number of ketones is 4. The zero-order valence-electron chi connectivity index (χ0n) is 25.1. The van der Waals surface area contributed by atoms with Crippen LogP contribution in [-0.2, 0) is 28.7 Å². The number of phenolic OH excluding ortho intramolecular Hbond substituents is 2. The molecule has 0 spiro atoms. The first-order valence-corrected chi connectivity index (χ1v) is 14.5. The highest BCUT2D eigenvalue weighted by molar-refractivity contribution is 6.21. The van der Waals surface area contributed by atoms with Gasteiger partial charge in [0.25, 0.3) is 0 Å². The number of carbonyl (C=O) groups is 6. The lowest BCUT2D eigenvalue weighted by Crippen LogP contribution is -2.70. The van der Waals surface area contributed by atoms with Gasteiger partial charge in [0, 0.05) is 24.0 Å². The van der Waals surface area contributed by atoms with Gasteiger partial charge in [0.15, 0.2) is 11.6 Å². The smallest absolute Gasteiger partial charge is 0.354 e. The highest BCUT2D eigenvalue weighted by atomic mass is 16.6. The van der Waals surface area contributed by atoms with Crippen LogP contribution in [0.5, 0.6) is 23.0 Å². The second-order valence-corrected chi connectivity index (χ2v) is 12.2. The van der Waals surface area contributed by atoms with Gasteiger partial charge in [0.05, 0.1) is 14.2 Å². The molecule has 46 heavy (non-hydrogen) atoms. The molecular formula is C32H30O14. The van der Waals surface area contributed by atoms with Gasteiger partial charge in [-0.3, -0.25) is 19.2 Å². The number of aliphatic hydroxyl groups excluding tert-OH is 2. The molecule has 2 saturated carbocycles. The van der Waals surface area contributed by atoms with E-state index in [1.165, 1.54) is 38.1 Å². The van der Waals surface area contributed by atoms with Crippen LogP contribution in [0, 0.1) is 23.7 Å². The van der Waals surface area contributed by atoms with Crippen LogP contribution in [0.2, 0.25) is 0 Å². The fraction of sp³-hybridized carbons (Fsp3) is 0.438. The Morgan fingerprint density at radius 3 is 1.37 bits per heavy atom. The first-order chi connectivity index (χ1) is 21.7. The number of methoxy groups -OCH3 is 2. The quantitative estimate of drug-likeness (QED) is 0.271. The topological polar surface area (TPSA) is 220 Å².